The van der Waals surface area contributed by atoms with E-state index in [1.165, 1.54) is 10.6 Å². The quantitative estimate of drug-likeness (QED) is 0.843. The number of benzene rings is 1. The Morgan fingerprint density at radius 3 is 2.90 bits per heavy atom. The van der Waals surface area contributed by atoms with Crippen LogP contribution in [-0.4, -0.2) is 29.4 Å². The van der Waals surface area contributed by atoms with Crippen LogP contribution in [-0.2, 0) is 0 Å². The van der Waals surface area contributed by atoms with Gasteiger partial charge in [-0.05, 0) is 29.8 Å². The summed E-state index contributed by atoms with van der Waals surface area (Å²) in [6.45, 7) is 0.938. The molecule has 0 fully saturated rings. The third kappa shape index (κ3) is 3.45. The SMILES string of the molecule is COc1cccc(C(CC2=NCCS2)c2ccccn2)c1. The van der Waals surface area contributed by atoms with E-state index >= 15 is 0 Å². The van der Waals surface area contributed by atoms with Gasteiger partial charge in [0.05, 0.1) is 12.2 Å². The van der Waals surface area contributed by atoms with Crippen molar-refractivity contribution in [2.45, 2.75) is 12.3 Å². The highest BCUT2D eigenvalue weighted by Crippen LogP contribution is 2.32. The van der Waals surface area contributed by atoms with Crippen LogP contribution >= 0.6 is 11.8 Å². The largest absolute Gasteiger partial charge is 0.497 e. The van der Waals surface area contributed by atoms with Gasteiger partial charge in [-0.15, -0.1) is 11.8 Å². The number of hydrogen-bond acceptors (Lipinski definition) is 4. The fraction of sp³-hybridized carbons (Fsp3) is 0.294. The normalized spacial score (nSPS) is 15.6. The third-order valence-electron chi connectivity index (χ3n) is 3.57. The molecule has 0 amide bonds. The molecule has 2 aromatic rings. The number of hydrogen-bond donors (Lipinski definition) is 0. The van der Waals surface area contributed by atoms with Crippen LogP contribution < -0.4 is 4.74 Å². The summed E-state index contributed by atoms with van der Waals surface area (Å²) in [4.78, 5) is 9.14. The Kier molecular flexibility index (Phi) is 4.55. The standard InChI is InChI=1S/C17H18N2OS/c1-20-14-6-4-5-13(11-14)15(12-17-19-9-10-21-17)16-7-2-3-8-18-16/h2-8,11,15H,9-10,12H2,1H3. The second kappa shape index (κ2) is 6.76. The van der Waals surface area contributed by atoms with Gasteiger partial charge in [0.1, 0.15) is 5.75 Å². The lowest BCUT2D eigenvalue weighted by Gasteiger charge is -2.17. The van der Waals surface area contributed by atoms with Crippen molar-refractivity contribution in [1.82, 2.24) is 4.98 Å². The van der Waals surface area contributed by atoms with E-state index < -0.39 is 0 Å². The Balaban J connectivity index is 1.94. The smallest absolute Gasteiger partial charge is 0.119 e. The molecule has 1 unspecified atom stereocenters. The molecule has 0 N–H and O–H groups in total. The van der Waals surface area contributed by atoms with Crippen molar-refractivity contribution < 1.29 is 4.74 Å². The van der Waals surface area contributed by atoms with Crippen molar-refractivity contribution in [1.29, 1.82) is 0 Å². The van der Waals surface area contributed by atoms with Crippen LogP contribution in [0.25, 0.3) is 0 Å². The first-order valence-corrected chi connectivity index (χ1v) is 8.06. The monoisotopic (exact) mass is 298 g/mol. The van der Waals surface area contributed by atoms with E-state index in [9.17, 15) is 0 Å². The fourth-order valence-corrected chi connectivity index (χ4v) is 3.40. The van der Waals surface area contributed by atoms with Gasteiger partial charge in [-0.25, -0.2) is 0 Å². The maximum atomic E-state index is 5.36. The molecule has 1 aromatic heterocycles. The highest BCUT2D eigenvalue weighted by molar-refractivity contribution is 8.14. The number of aromatic nitrogens is 1. The molecule has 1 aromatic carbocycles. The van der Waals surface area contributed by atoms with Gasteiger partial charge in [-0.3, -0.25) is 9.98 Å². The molecular formula is C17H18N2OS. The van der Waals surface area contributed by atoms with Crippen LogP contribution in [0.2, 0.25) is 0 Å². The van der Waals surface area contributed by atoms with E-state index in [4.69, 9.17) is 4.74 Å². The summed E-state index contributed by atoms with van der Waals surface area (Å²) in [6, 6.07) is 14.3. The molecule has 2 heterocycles. The van der Waals surface area contributed by atoms with Crippen LogP contribution in [0.3, 0.4) is 0 Å². The van der Waals surface area contributed by atoms with Crippen molar-refractivity contribution in [3.8, 4) is 5.75 Å². The van der Waals surface area contributed by atoms with Gasteiger partial charge in [0.25, 0.3) is 0 Å². The van der Waals surface area contributed by atoms with Crippen LogP contribution in [0, 0.1) is 0 Å². The van der Waals surface area contributed by atoms with Crippen molar-refractivity contribution >= 4 is 16.8 Å². The Bertz CT molecular complexity index is 628. The highest BCUT2D eigenvalue weighted by atomic mass is 32.2. The van der Waals surface area contributed by atoms with Crippen LogP contribution in [0.1, 0.15) is 23.6 Å². The minimum atomic E-state index is 0.227. The molecule has 1 aliphatic heterocycles. The molecule has 0 spiro atoms. The molecule has 1 atom stereocenters. The lowest BCUT2D eigenvalue weighted by Crippen LogP contribution is -2.07. The van der Waals surface area contributed by atoms with Crippen LogP contribution in [0.15, 0.2) is 53.7 Å². The lowest BCUT2D eigenvalue weighted by molar-refractivity contribution is 0.414. The first-order chi connectivity index (χ1) is 10.4. The van der Waals surface area contributed by atoms with Gasteiger partial charge in [-0.2, -0.15) is 0 Å². The zero-order chi connectivity index (χ0) is 14.5. The Hall–Kier alpha value is -1.81. The van der Waals surface area contributed by atoms with E-state index in [0.29, 0.717) is 0 Å². The van der Waals surface area contributed by atoms with E-state index in [-0.39, 0.29) is 5.92 Å². The van der Waals surface area contributed by atoms with Gasteiger partial charge < -0.3 is 4.74 Å². The summed E-state index contributed by atoms with van der Waals surface area (Å²) < 4.78 is 5.36. The second-order valence-corrected chi connectivity index (χ2v) is 6.08. The Morgan fingerprint density at radius 1 is 1.24 bits per heavy atom. The minimum Gasteiger partial charge on any atom is -0.497 e. The topological polar surface area (TPSA) is 34.5 Å². The fourth-order valence-electron chi connectivity index (χ4n) is 2.51. The minimum absolute atomic E-state index is 0.227. The van der Waals surface area contributed by atoms with Crippen molar-refractivity contribution in [3.05, 3.63) is 59.9 Å². The van der Waals surface area contributed by atoms with Crippen molar-refractivity contribution in [2.75, 3.05) is 19.4 Å². The van der Waals surface area contributed by atoms with E-state index in [0.717, 1.165) is 30.2 Å². The van der Waals surface area contributed by atoms with Gasteiger partial charge >= 0.3 is 0 Å². The molecule has 0 bridgehead atoms. The van der Waals surface area contributed by atoms with Crippen LogP contribution in [0.5, 0.6) is 5.75 Å². The number of aliphatic imine (C=N–C) groups is 1. The number of rotatable bonds is 5. The van der Waals surface area contributed by atoms with Gasteiger partial charge in [0.15, 0.2) is 0 Å². The predicted octanol–water partition coefficient (Wildman–Crippen LogP) is 3.76. The number of methoxy groups -OCH3 is 1. The van der Waals surface area contributed by atoms with E-state index in [1.54, 1.807) is 7.11 Å². The van der Waals surface area contributed by atoms with Crippen molar-refractivity contribution in [3.63, 3.8) is 0 Å². The molecule has 4 heteroatoms. The average Bonchev–Trinajstić information content (AvgIpc) is 3.07. The summed E-state index contributed by atoms with van der Waals surface area (Å²) in [5.74, 6) is 2.21. The first-order valence-electron chi connectivity index (χ1n) is 7.08. The molecule has 0 aliphatic carbocycles. The maximum Gasteiger partial charge on any atom is 0.119 e. The maximum absolute atomic E-state index is 5.36. The summed E-state index contributed by atoms with van der Waals surface area (Å²) in [7, 11) is 1.70. The number of ether oxygens (including phenoxy) is 1. The van der Waals surface area contributed by atoms with Gasteiger partial charge in [0, 0.05) is 36.5 Å². The Morgan fingerprint density at radius 2 is 2.19 bits per heavy atom. The molecule has 3 rings (SSSR count). The zero-order valence-electron chi connectivity index (χ0n) is 12.0. The molecular weight excluding hydrogens is 280 g/mol. The second-order valence-electron chi connectivity index (χ2n) is 4.91. The molecule has 0 saturated carbocycles. The van der Waals surface area contributed by atoms with E-state index in [2.05, 4.69) is 28.2 Å². The lowest BCUT2D eigenvalue weighted by atomic mass is 9.92. The summed E-state index contributed by atoms with van der Waals surface area (Å²) >= 11 is 1.86. The first kappa shape index (κ1) is 14.1. The molecule has 0 radical (unpaired) electrons. The molecule has 108 valence electrons. The Labute approximate surface area is 129 Å². The summed E-state index contributed by atoms with van der Waals surface area (Å²) in [5, 5.41) is 1.23. The number of pyridine rings is 1. The molecule has 0 saturated heterocycles. The highest BCUT2D eigenvalue weighted by Gasteiger charge is 2.20. The zero-order valence-corrected chi connectivity index (χ0v) is 12.8. The predicted molar refractivity (Wildman–Crippen MR) is 88.5 cm³/mol. The van der Waals surface area contributed by atoms with Gasteiger partial charge in [0.2, 0.25) is 0 Å². The number of thioether (sulfide) groups is 1. The average molecular weight is 298 g/mol. The molecule has 21 heavy (non-hydrogen) atoms. The number of nitrogens with zero attached hydrogens (tertiary/aromatic N) is 2. The summed E-state index contributed by atoms with van der Waals surface area (Å²) in [6.07, 6.45) is 2.76. The van der Waals surface area contributed by atoms with Gasteiger partial charge in [-0.1, -0.05) is 18.2 Å². The molecule has 3 nitrogen and oxygen atoms in total. The molecule has 1 aliphatic rings. The van der Waals surface area contributed by atoms with E-state index in [1.807, 2.05) is 42.2 Å². The van der Waals surface area contributed by atoms with Crippen molar-refractivity contribution in [2.24, 2.45) is 4.99 Å². The van der Waals surface area contributed by atoms with Crippen LogP contribution in [0.4, 0.5) is 0 Å². The third-order valence-corrected chi connectivity index (χ3v) is 4.58. The summed E-state index contributed by atoms with van der Waals surface area (Å²) in [5.41, 5.74) is 2.31.